The van der Waals surface area contributed by atoms with Crippen molar-refractivity contribution in [2.24, 2.45) is 0 Å². The number of carbonyl (C=O) groups excluding carboxylic acids is 1. The van der Waals surface area contributed by atoms with Crippen molar-refractivity contribution >= 4 is 5.91 Å². The Bertz CT molecular complexity index is 626. The van der Waals surface area contributed by atoms with Gasteiger partial charge < -0.3 is 9.64 Å². The number of amides is 1. The summed E-state index contributed by atoms with van der Waals surface area (Å²) < 4.78 is 5.79. The van der Waals surface area contributed by atoms with Gasteiger partial charge in [0, 0.05) is 32.5 Å². The second kappa shape index (κ2) is 9.54. The fraction of sp³-hybridized carbons (Fsp3) is 0.435. The first kappa shape index (κ1) is 18.7. The second-order valence-corrected chi connectivity index (χ2v) is 7.17. The molecule has 0 aliphatic carbocycles. The van der Waals surface area contributed by atoms with Crippen LogP contribution < -0.4 is 0 Å². The number of nitrogens with zero attached hydrogens (tertiary/aromatic N) is 1. The maximum atomic E-state index is 12.9. The highest BCUT2D eigenvalue weighted by Gasteiger charge is 2.21. The highest BCUT2D eigenvalue weighted by atomic mass is 16.5. The average Bonchev–Trinajstić information content (AvgIpc) is 2.72. The Hall–Kier alpha value is -2.13. The molecule has 1 fully saturated rings. The molecule has 0 N–H and O–H groups in total. The smallest absolute Gasteiger partial charge is 0.223 e. The number of carbonyl (C=O) groups is 1. The van der Waals surface area contributed by atoms with Crippen LogP contribution in [0.1, 0.15) is 49.1 Å². The van der Waals surface area contributed by atoms with E-state index >= 15 is 0 Å². The third-order valence-corrected chi connectivity index (χ3v) is 5.27. The molecule has 1 aliphatic heterocycles. The topological polar surface area (TPSA) is 29.5 Å². The molecule has 2 aromatic rings. The van der Waals surface area contributed by atoms with Gasteiger partial charge in [0.05, 0.1) is 6.10 Å². The molecular weight excluding hydrogens is 322 g/mol. The van der Waals surface area contributed by atoms with E-state index in [-0.39, 0.29) is 11.8 Å². The lowest BCUT2D eigenvalue weighted by atomic mass is 9.88. The standard InChI is InChI=1S/C23H29NO2/c1-24(16-15-21-14-8-9-17-26-21)23(25)18-22(19-10-4-2-5-11-19)20-12-6-3-7-13-20/h2-7,10-13,21-22H,8-9,14-18H2,1H3. The number of hydrogen-bond donors (Lipinski definition) is 0. The van der Waals surface area contributed by atoms with Gasteiger partial charge in [-0.15, -0.1) is 0 Å². The lowest BCUT2D eigenvalue weighted by Crippen LogP contribution is -2.32. The maximum absolute atomic E-state index is 12.9. The zero-order valence-electron chi connectivity index (χ0n) is 15.6. The molecule has 3 nitrogen and oxygen atoms in total. The first-order valence-corrected chi connectivity index (χ1v) is 9.69. The van der Waals surface area contributed by atoms with Gasteiger partial charge in [-0.3, -0.25) is 4.79 Å². The minimum atomic E-state index is 0.0956. The van der Waals surface area contributed by atoms with E-state index in [4.69, 9.17) is 4.74 Å². The van der Waals surface area contributed by atoms with Crippen molar-refractivity contribution in [3.63, 3.8) is 0 Å². The molecule has 1 atom stereocenters. The Morgan fingerprint density at radius 2 is 1.65 bits per heavy atom. The van der Waals surface area contributed by atoms with E-state index in [2.05, 4.69) is 24.3 Å². The van der Waals surface area contributed by atoms with Crippen LogP contribution in [-0.2, 0) is 9.53 Å². The molecule has 3 heteroatoms. The van der Waals surface area contributed by atoms with Crippen LogP contribution in [0.3, 0.4) is 0 Å². The first-order chi connectivity index (χ1) is 12.7. The molecule has 1 aliphatic rings. The first-order valence-electron chi connectivity index (χ1n) is 9.69. The number of ether oxygens (including phenoxy) is 1. The van der Waals surface area contributed by atoms with Gasteiger partial charge in [-0.25, -0.2) is 0 Å². The highest BCUT2D eigenvalue weighted by molar-refractivity contribution is 5.77. The number of hydrogen-bond acceptors (Lipinski definition) is 2. The van der Waals surface area contributed by atoms with E-state index in [1.165, 1.54) is 24.0 Å². The highest BCUT2D eigenvalue weighted by Crippen LogP contribution is 2.28. The van der Waals surface area contributed by atoms with Gasteiger partial charge in [-0.1, -0.05) is 60.7 Å². The van der Waals surface area contributed by atoms with Gasteiger partial charge in [-0.05, 0) is 36.8 Å². The molecule has 0 radical (unpaired) electrons. The van der Waals surface area contributed by atoms with Crippen molar-refractivity contribution in [3.05, 3.63) is 71.8 Å². The lowest BCUT2D eigenvalue weighted by Gasteiger charge is -2.26. The molecule has 0 bridgehead atoms. The molecule has 1 saturated heterocycles. The van der Waals surface area contributed by atoms with Crippen LogP contribution in [0, 0.1) is 0 Å². The summed E-state index contributed by atoms with van der Waals surface area (Å²) in [5, 5.41) is 0. The largest absolute Gasteiger partial charge is 0.378 e. The van der Waals surface area contributed by atoms with E-state index in [0.717, 1.165) is 26.0 Å². The molecule has 26 heavy (non-hydrogen) atoms. The van der Waals surface area contributed by atoms with Crippen molar-refractivity contribution in [2.75, 3.05) is 20.2 Å². The zero-order chi connectivity index (χ0) is 18.2. The number of rotatable bonds is 7. The predicted molar refractivity (Wildman–Crippen MR) is 105 cm³/mol. The third-order valence-electron chi connectivity index (χ3n) is 5.27. The fourth-order valence-corrected chi connectivity index (χ4v) is 3.63. The quantitative estimate of drug-likeness (QED) is 0.728. The summed E-state index contributed by atoms with van der Waals surface area (Å²) in [7, 11) is 1.91. The van der Waals surface area contributed by atoms with Gasteiger partial charge in [-0.2, -0.15) is 0 Å². The zero-order valence-corrected chi connectivity index (χ0v) is 15.6. The lowest BCUT2D eigenvalue weighted by molar-refractivity contribution is -0.130. The molecule has 1 unspecified atom stereocenters. The van der Waals surface area contributed by atoms with Gasteiger partial charge in [0.15, 0.2) is 0 Å². The summed E-state index contributed by atoms with van der Waals surface area (Å²) in [4.78, 5) is 14.7. The third kappa shape index (κ3) is 5.18. The van der Waals surface area contributed by atoms with E-state index in [1.54, 1.807) is 0 Å². The summed E-state index contributed by atoms with van der Waals surface area (Å²) in [6.07, 6.45) is 5.28. The average molecular weight is 351 g/mol. The summed E-state index contributed by atoms with van der Waals surface area (Å²) in [5.41, 5.74) is 2.38. The summed E-state index contributed by atoms with van der Waals surface area (Å²) in [6.45, 7) is 1.63. The van der Waals surface area contributed by atoms with Crippen LogP contribution in [0.25, 0.3) is 0 Å². The molecule has 3 rings (SSSR count). The Balaban J connectivity index is 1.63. The van der Waals surface area contributed by atoms with Gasteiger partial charge in [0.25, 0.3) is 0 Å². The molecule has 0 saturated carbocycles. The Morgan fingerprint density at radius 1 is 1.04 bits per heavy atom. The van der Waals surface area contributed by atoms with Crippen LogP contribution in [0.15, 0.2) is 60.7 Å². The SMILES string of the molecule is CN(CCC1CCCCO1)C(=O)CC(c1ccccc1)c1ccccc1. The Kier molecular flexibility index (Phi) is 6.84. The summed E-state index contributed by atoms with van der Waals surface area (Å²) in [6, 6.07) is 20.6. The second-order valence-electron chi connectivity index (χ2n) is 7.17. The summed E-state index contributed by atoms with van der Waals surface area (Å²) in [5.74, 6) is 0.289. The predicted octanol–water partition coefficient (Wildman–Crippen LogP) is 4.63. The van der Waals surface area contributed by atoms with Gasteiger partial charge in [0.2, 0.25) is 5.91 Å². The maximum Gasteiger partial charge on any atom is 0.223 e. The molecule has 1 heterocycles. The monoisotopic (exact) mass is 351 g/mol. The van der Waals surface area contributed by atoms with E-state index in [0.29, 0.717) is 12.5 Å². The van der Waals surface area contributed by atoms with Crippen LogP contribution in [0.2, 0.25) is 0 Å². The Labute approximate surface area is 157 Å². The minimum Gasteiger partial charge on any atom is -0.378 e. The van der Waals surface area contributed by atoms with Crippen molar-refractivity contribution in [2.45, 2.75) is 44.1 Å². The number of benzene rings is 2. The fourth-order valence-electron chi connectivity index (χ4n) is 3.63. The van der Waals surface area contributed by atoms with Crippen LogP contribution in [0.4, 0.5) is 0 Å². The van der Waals surface area contributed by atoms with Crippen LogP contribution in [0.5, 0.6) is 0 Å². The molecule has 0 aromatic heterocycles. The molecule has 1 amide bonds. The van der Waals surface area contributed by atoms with Crippen molar-refractivity contribution < 1.29 is 9.53 Å². The van der Waals surface area contributed by atoms with E-state index in [1.807, 2.05) is 48.3 Å². The van der Waals surface area contributed by atoms with Crippen molar-refractivity contribution in [1.29, 1.82) is 0 Å². The van der Waals surface area contributed by atoms with E-state index in [9.17, 15) is 4.79 Å². The molecule has 2 aromatic carbocycles. The van der Waals surface area contributed by atoms with Crippen LogP contribution >= 0.6 is 0 Å². The van der Waals surface area contributed by atoms with Gasteiger partial charge >= 0.3 is 0 Å². The Morgan fingerprint density at radius 3 is 2.19 bits per heavy atom. The van der Waals surface area contributed by atoms with Crippen molar-refractivity contribution in [3.8, 4) is 0 Å². The molecular formula is C23H29NO2. The minimum absolute atomic E-state index is 0.0956. The van der Waals surface area contributed by atoms with E-state index < -0.39 is 0 Å². The summed E-state index contributed by atoms with van der Waals surface area (Å²) >= 11 is 0. The van der Waals surface area contributed by atoms with Gasteiger partial charge in [0.1, 0.15) is 0 Å². The van der Waals surface area contributed by atoms with Crippen molar-refractivity contribution in [1.82, 2.24) is 4.90 Å². The normalized spacial score (nSPS) is 17.2. The van der Waals surface area contributed by atoms with Crippen LogP contribution in [-0.4, -0.2) is 37.1 Å². The molecule has 138 valence electrons. The molecule has 0 spiro atoms.